The second-order valence-corrected chi connectivity index (χ2v) is 8.83. The molecule has 0 saturated carbocycles. The fourth-order valence-electron chi connectivity index (χ4n) is 4.34. The van der Waals surface area contributed by atoms with Crippen LogP contribution in [0.15, 0.2) is 65.2 Å². The minimum atomic E-state index is -0.215. The summed E-state index contributed by atoms with van der Waals surface area (Å²) in [5.74, 6) is 1.02. The van der Waals surface area contributed by atoms with Crippen molar-refractivity contribution in [2.24, 2.45) is 0 Å². The maximum atomic E-state index is 13.4. The van der Waals surface area contributed by atoms with Crippen molar-refractivity contribution in [1.29, 1.82) is 0 Å². The molecule has 0 bridgehead atoms. The van der Waals surface area contributed by atoms with Crippen molar-refractivity contribution in [1.82, 2.24) is 10.1 Å². The third-order valence-corrected chi connectivity index (χ3v) is 6.34. The molecule has 4 aromatic rings. The molecule has 1 aliphatic heterocycles. The number of morpholine rings is 1. The number of carbonyl (C=O) groups excluding carboxylic acids is 1. The summed E-state index contributed by atoms with van der Waals surface area (Å²) in [4.78, 5) is 15.8. The normalized spacial score (nSPS) is 14.2. The van der Waals surface area contributed by atoms with E-state index in [1.165, 1.54) is 0 Å². The van der Waals surface area contributed by atoms with Crippen LogP contribution in [0.25, 0.3) is 10.8 Å². The number of anilines is 1. The molecule has 7 nitrogen and oxygen atoms in total. The van der Waals surface area contributed by atoms with Crippen molar-refractivity contribution in [3.63, 3.8) is 0 Å². The van der Waals surface area contributed by atoms with Crippen molar-refractivity contribution < 1.29 is 18.8 Å². The highest BCUT2D eigenvalue weighted by Crippen LogP contribution is 2.29. The van der Waals surface area contributed by atoms with Gasteiger partial charge in [-0.15, -0.1) is 0 Å². The maximum absolute atomic E-state index is 13.4. The van der Waals surface area contributed by atoms with Crippen LogP contribution in [-0.2, 0) is 17.9 Å². The quantitative estimate of drug-likeness (QED) is 0.404. The van der Waals surface area contributed by atoms with Crippen molar-refractivity contribution >= 4 is 22.4 Å². The van der Waals surface area contributed by atoms with Crippen LogP contribution in [0.4, 0.5) is 5.69 Å². The van der Waals surface area contributed by atoms with Gasteiger partial charge in [-0.05, 0) is 54.4 Å². The Morgan fingerprint density at radius 2 is 1.80 bits per heavy atom. The summed E-state index contributed by atoms with van der Waals surface area (Å²) in [6.07, 6.45) is 0. The zero-order valence-electron chi connectivity index (χ0n) is 20.0. The standard InChI is InChI=1S/C28H29N3O4/c1-19-26(20(2)35-30-19)18-34-27-16-23-8-4-3-7-22(23)15-25(27)28(32)29-24-9-5-6-21(14-24)17-31-10-12-33-13-11-31/h3-9,14-16H,10-13,17-18H2,1-2H3,(H,29,32). The van der Waals surface area contributed by atoms with E-state index < -0.39 is 0 Å². The number of benzene rings is 3. The van der Waals surface area contributed by atoms with E-state index in [-0.39, 0.29) is 12.5 Å². The van der Waals surface area contributed by atoms with Crippen LogP contribution in [0.2, 0.25) is 0 Å². The largest absolute Gasteiger partial charge is 0.488 e. The Kier molecular flexibility index (Phi) is 6.79. The third-order valence-electron chi connectivity index (χ3n) is 6.34. The molecule has 1 aliphatic rings. The molecular weight excluding hydrogens is 442 g/mol. The van der Waals surface area contributed by atoms with Crippen molar-refractivity contribution in [3.8, 4) is 5.75 Å². The summed E-state index contributed by atoms with van der Waals surface area (Å²) < 4.78 is 16.9. The first-order valence-corrected chi connectivity index (χ1v) is 11.8. The number of fused-ring (bicyclic) bond motifs is 1. The zero-order valence-corrected chi connectivity index (χ0v) is 20.0. The number of hydrogen-bond acceptors (Lipinski definition) is 6. The fraction of sp³-hybridized carbons (Fsp3) is 0.286. The number of carbonyl (C=O) groups is 1. The molecule has 0 radical (unpaired) electrons. The summed E-state index contributed by atoms with van der Waals surface area (Å²) in [7, 11) is 0. The topological polar surface area (TPSA) is 76.8 Å². The zero-order chi connectivity index (χ0) is 24.2. The summed E-state index contributed by atoms with van der Waals surface area (Å²) in [6.45, 7) is 8.19. The summed E-state index contributed by atoms with van der Waals surface area (Å²) in [5, 5.41) is 9.04. The van der Waals surface area contributed by atoms with E-state index in [1.54, 1.807) is 0 Å². The highest BCUT2D eigenvalue weighted by atomic mass is 16.5. The molecule has 0 unspecified atom stereocenters. The number of aromatic nitrogens is 1. The molecule has 1 fully saturated rings. The first-order chi connectivity index (χ1) is 17.1. The lowest BCUT2D eigenvalue weighted by molar-refractivity contribution is 0.0342. The Morgan fingerprint density at radius 1 is 1.03 bits per heavy atom. The minimum Gasteiger partial charge on any atom is -0.488 e. The van der Waals surface area contributed by atoms with E-state index >= 15 is 0 Å². The van der Waals surface area contributed by atoms with Gasteiger partial charge in [0.05, 0.1) is 30.0 Å². The van der Waals surface area contributed by atoms with Gasteiger partial charge in [-0.25, -0.2) is 0 Å². The Morgan fingerprint density at radius 3 is 2.54 bits per heavy atom. The first kappa shape index (κ1) is 23.1. The smallest absolute Gasteiger partial charge is 0.259 e. The molecule has 1 amide bonds. The maximum Gasteiger partial charge on any atom is 0.259 e. The van der Waals surface area contributed by atoms with Crippen molar-refractivity contribution in [3.05, 3.63) is 88.8 Å². The van der Waals surface area contributed by atoms with Crippen molar-refractivity contribution in [2.75, 3.05) is 31.6 Å². The lowest BCUT2D eigenvalue weighted by Crippen LogP contribution is -2.35. The Labute approximate surface area is 204 Å². The van der Waals surface area contributed by atoms with E-state index in [0.29, 0.717) is 17.1 Å². The monoisotopic (exact) mass is 471 g/mol. The minimum absolute atomic E-state index is 0.215. The van der Waals surface area contributed by atoms with Crippen LogP contribution < -0.4 is 10.1 Å². The average Bonchev–Trinajstić information content (AvgIpc) is 3.19. The lowest BCUT2D eigenvalue weighted by atomic mass is 10.0. The Bertz CT molecular complexity index is 1320. The van der Waals surface area contributed by atoms with Gasteiger partial charge in [-0.1, -0.05) is 41.6 Å². The Hall–Kier alpha value is -3.68. The molecular formula is C28H29N3O4. The molecule has 3 aromatic carbocycles. The molecule has 5 rings (SSSR count). The van der Waals surface area contributed by atoms with Crippen LogP contribution in [0.5, 0.6) is 5.75 Å². The predicted molar refractivity (Wildman–Crippen MR) is 135 cm³/mol. The van der Waals surface area contributed by atoms with Gasteiger partial charge >= 0.3 is 0 Å². The summed E-state index contributed by atoms with van der Waals surface area (Å²) >= 11 is 0. The van der Waals surface area contributed by atoms with Gasteiger partial charge in [0.1, 0.15) is 18.1 Å². The molecule has 1 N–H and O–H groups in total. The third kappa shape index (κ3) is 5.37. The molecule has 180 valence electrons. The second kappa shape index (κ2) is 10.3. The molecule has 1 saturated heterocycles. The predicted octanol–water partition coefficient (Wildman–Crippen LogP) is 5.11. The molecule has 7 heteroatoms. The molecule has 35 heavy (non-hydrogen) atoms. The molecule has 0 spiro atoms. The first-order valence-electron chi connectivity index (χ1n) is 11.8. The van der Waals surface area contributed by atoms with E-state index in [9.17, 15) is 4.79 Å². The number of hydrogen-bond donors (Lipinski definition) is 1. The van der Waals surface area contributed by atoms with Gasteiger partial charge in [0.2, 0.25) is 0 Å². The van der Waals surface area contributed by atoms with Crippen LogP contribution in [0, 0.1) is 13.8 Å². The van der Waals surface area contributed by atoms with Gasteiger partial charge in [0.15, 0.2) is 0 Å². The summed E-state index contributed by atoms with van der Waals surface area (Å²) in [6, 6.07) is 19.7. The van der Waals surface area contributed by atoms with E-state index in [4.69, 9.17) is 14.0 Å². The van der Waals surface area contributed by atoms with Crippen LogP contribution in [0.1, 0.15) is 32.9 Å². The fourth-order valence-corrected chi connectivity index (χ4v) is 4.34. The van der Waals surface area contributed by atoms with Crippen LogP contribution >= 0.6 is 0 Å². The molecule has 0 atom stereocenters. The number of amides is 1. The van der Waals surface area contributed by atoms with E-state index in [1.807, 2.05) is 68.4 Å². The number of nitrogens with zero attached hydrogens (tertiary/aromatic N) is 2. The van der Waals surface area contributed by atoms with E-state index in [0.717, 1.165) is 66.1 Å². The second-order valence-electron chi connectivity index (χ2n) is 8.83. The molecule has 1 aromatic heterocycles. The number of nitrogens with one attached hydrogen (secondary N) is 1. The highest BCUT2D eigenvalue weighted by molar-refractivity contribution is 6.08. The SMILES string of the molecule is Cc1noc(C)c1COc1cc2ccccc2cc1C(=O)Nc1cccc(CN2CCOCC2)c1. The summed E-state index contributed by atoms with van der Waals surface area (Å²) in [5.41, 5.74) is 4.06. The average molecular weight is 472 g/mol. The van der Waals surface area contributed by atoms with Gasteiger partial charge in [-0.3, -0.25) is 9.69 Å². The molecule has 0 aliphatic carbocycles. The van der Waals surface area contributed by atoms with Gasteiger partial charge < -0.3 is 19.3 Å². The van der Waals surface area contributed by atoms with Crippen LogP contribution in [-0.4, -0.2) is 42.3 Å². The van der Waals surface area contributed by atoms with Gasteiger partial charge in [0.25, 0.3) is 5.91 Å². The number of rotatable bonds is 7. The highest BCUT2D eigenvalue weighted by Gasteiger charge is 2.17. The lowest BCUT2D eigenvalue weighted by Gasteiger charge is -2.26. The number of aryl methyl sites for hydroxylation is 2. The van der Waals surface area contributed by atoms with E-state index in [2.05, 4.69) is 21.4 Å². The van der Waals surface area contributed by atoms with Crippen LogP contribution in [0.3, 0.4) is 0 Å². The van der Waals surface area contributed by atoms with Gasteiger partial charge in [0, 0.05) is 25.3 Å². The van der Waals surface area contributed by atoms with Crippen molar-refractivity contribution in [2.45, 2.75) is 27.0 Å². The van der Waals surface area contributed by atoms with Gasteiger partial charge in [-0.2, -0.15) is 0 Å². The molecule has 2 heterocycles. The number of ether oxygens (including phenoxy) is 2. The Balaban J connectivity index is 1.38.